The molecule has 1 saturated carbocycles. The van der Waals surface area contributed by atoms with Crippen LogP contribution in [0, 0.1) is 5.92 Å². The second-order valence-electron chi connectivity index (χ2n) is 5.66. The smallest absolute Gasteiger partial charge is 0.240 e. The monoisotopic (exact) mass is 328 g/mol. The van der Waals surface area contributed by atoms with Gasteiger partial charge in [0, 0.05) is 30.6 Å². The molecule has 0 spiro atoms. The van der Waals surface area contributed by atoms with Gasteiger partial charge >= 0.3 is 0 Å². The molecule has 7 heteroatoms. The lowest BCUT2D eigenvalue weighted by atomic mass is 10.1. The normalized spacial score (nSPS) is 22.8. The van der Waals surface area contributed by atoms with Gasteiger partial charge in [0.25, 0.3) is 0 Å². The Morgan fingerprint density at radius 1 is 1.33 bits per heavy atom. The summed E-state index contributed by atoms with van der Waals surface area (Å²) in [5.74, 6) is 0.191. The fourth-order valence-electron chi connectivity index (χ4n) is 2.63. The zero-order chi connectivity index (χ0) is 15.0. The fourth-order valence-corrected chi connectivity index (χ4v) is 4.05. The second-order valence-corrected chi connectivity index (χ2v) is 7.86. The van der Waals surface area contributed by atoms with E-state index in [0.29, 0.717) is 24.0 Å². The number of amides is 1. The molecule has 21 heavy (non-hydrogen) atoms. The van der Waals surface area contributed by atoms with Gasteiger partial charge in [-0.2, -0.15) is 0 Å². The van der Waals surface area contributed by atoms with Crippen LogP contribution < -0.4 is 4.72 Å². The van der Waals surface area contributed by atoms with Crippen LogP contribution in [0.4, 0.5) is 0 Å². The number of benzene rings is 1. The summed E-state index contributed by atoms with van der Waals surface area (Å²) in [5.41, 5.74) is 0. The molecular weight excluding hydrogens is 312 g/mol. The number of sulfonamides is 1. The first-order valence-electron chi connectivity index (χ1n) is 7.00. The van der Waals surface area contributed by atoms with Crippen molar-refractivity contribution in [2.75, 3.05) is 13.1 Å². The Morgan fingerprint density at radius 2 is 2.10 bits per heavy atom. The van der Waals surface area contributed by atoms with Crippen molar-refractivity contribution in [3.63, 3.8) is 0 Å². The van der Waals surface area contributed by atoms with E-state index in [1.54, 1.807) is 12.1 Å². The van der Waals surface area contributed by atoms with E-state index in [0.717, 1.165) is 12.8 Å². The van der Waals surface area contributed by atoms with Crippen LogP contribution in [0.15, 0.2) is 29.2 Å². The second kappa shape index (κ2) is 5.59. The number of hydrogen-bond acceptors (Lipinski definition) is 3. The molecule has 2 fully saturated rings. The Labute approximate surface area is 129 Å². The van der Waals surface area contributed by atoms with Crippen LogP contribution in [-0.4, -0.2) is 38.4 Å². The van der Waals surface area contributed by atoms with Crippen LogP contribution in [0.3, 0.4) is 0 Å². The van der Waals surface area contributed by atoms with Crippen molar-refractivity contribution in [2.45, 2.75) is 30.2 Å². The summed E-state index contributed by atoms with van der Waals surface area (Å²) in [6.07, 6.45) is 2.58. The molecule has 1 aromatic rings. The van der Waals surface area contributed by atoms with Crippen molar-refractivity contribution in [2.24, 2.45) is 5.92 Å². The van der Waals surface area contributed by atoms with Gasteiger partial charge in [-0.05, 0) is 37.0 Å². The summed E-state index contributed by atoms with van der Waals surface area (Å²) in [6.45, 7) is 0.936. The molecule has 1 amide bonds. The average molecular weight is 329 g/mol. The van der Waals surface area contributed by atoms with Crippen molar-refractivity contribution in [1.82, 2.24) is 9.62 Å². The fraction of sp³-hybridized carbons (Fsp3) is 0.500. The standard InChI is InChI=1S/C14H17ClN2O3S/c15-11-2-1-3-13(7-11)21(19,20)16-8-10-6-14(18)17(9-10)12-4-5-12/h1-3,7,10,12,16H,4-6,8-9H2. The van der Waals surface area contributed by atoms with Gasteiger partial charge in [0.1, 0.15) is 0 Å². The molecule has 1 atom stereocenters. The lowest BCUT2D eigenvalue weighted by Crippen LogP contribution is -2.32. The summed E-state index contributed by atoms with van der Waals surface area (Å²) < 4.78 is 26.9. The van der Waals surface area contributed by atoms with E-state index in [2.05, 4.69) is 4.72 Å². The number of rotatable bonds is 5. The average Bonchev–Trinajstić information content (AvgIpc) is 3.20. The zero-order valence-electron chi connectivity index (χ0n) is 11.5. The quantitative estimate of drug-likeness (QED) is 0.893. The lowest BCUT2D eigenvalue weighted by molar-refractivity contribution is -0.128. The number of nitrogens with one attached hydrogen (secondary N) is 1. The van der Waals surface area contributed by atoms with Crippen LogP contribution in [0.1, 0.15) is 19.3 Å². The number of carbonyl (C=O) groups is 1. The third-order valence-corrected chi connectivity index (χ3v) is 5.55. The van der Waals surface area contributed by atoms with Gasteiger partial charge in [-0.15, -0.1) is 0 Å². The summed E-state index contributed by atoms with van der Waals surface area (Å²) in [4.78, 5) is 13.9. The molecule has 1 aliphatic carbocycles. The number of likely N-dealkylation sites (tertiary alicyclic amines) is 1. The van der Waals surface area contributed by atoms with E-state index in [1.165, 1.54) is 12.1 Å². The topological polar surface area (TPSA) is 66.5 Å². The molecule has 3 rings (SSSR count). The van der Waals surface area contributed by atoms with Gasteiger partial charge in [0.2, 0.25) is 15.9 Å². The molecule has 1 heterocycles. The van der Waals surface area contributed by atoms with Gasteiger partial charge in [-0.25, -0.2) is 13.1 Å². The molecule has 1 saturated heterocycles. The highest BCUT2D eigenvalue weighted by molar-refractivity contribution is 7.89. The van der Waals surface area contributed by atoms with E-state index < -0.39 is 10.0 Å². The lowest BCUT2D eigenvalue weighted by Gasteiger charge is -2.15. The molecule has 1 aliphatic heterocycles. The van der Waals surface area contributed by atoms with E-state index in [-0.39, 0.29) is 23.3 Å². The van der Waals surface area contributed by atoms with Gasteiger partial charge in [0.05, 0.1) is 4.90 Å². The van der Waals surface area contributed by atoms with Crippen molar-refractivity contribution in [3.8, 4) is 0 Å². The maximum Gasteiger partial charge on any atom is 0.240 e. The summed E-state index contributed by atoms with van der Waals surface area (Å²) >= 11 is 5.81. The van der Waals surface area contributed by atoms with E-state index in [4.69, 9.17) is 11.6 Å². The molecular formula is C14H17ClN2O3S. The summed E-state index contributed by atoms with van der Waals surface area (Å²) in [5, 5.41) is 0.383. The highest BCUT2D eigenvalue weighted by atomic mass is 35.5. The first-order chi connectivity index (χ1) is 9.95. The Morgan fingerprint density at radius 3 is 2.76 bits per heavy atom. The van der Waals surface area contributed by atoms with Gasteiger partial charge in [-0.3, -0.25) is 4.79 Å². The summed E-state index contributed by atoms with van der Waals surface area (Å²) in [7, 11) is -3.57. The maximum atomic E-state index is 12.2. The Balaban J connectivity index is 1.61. The van der Waals surface area contributed by atoms with Crippen molar-refractivity contribution in [3.05, 3.63) is 29.3 Å². The molecule has 5 nitrogen and oxygen atoms in total. The third-order valence-electron chi connectivity index (χ3n) is 3.89. The number of carbonyl (C=O) groups excluding carboxylic acids is 1. The largest absolute Gasteiger partial charge is 0.339 e. The predicted molar refractivity (Wildman–Crippen MR) is 79.5 cm³/mol. The summed E-state index contributed by atoms with van der Waals surface area (Å²) in [6, 6.07) is 6.55. The molecule has 1 aromatic carbocycles. The van der Waals surface area contributed by atoms with Crippen LogP contribution in [0.2, 0.25) is 5.02 Å². The van der Waals surface area contributed by atoms with Gasteiger partial charge < -0.3 is 4.90 Å². The highest BCUT2D eigenvalue weighted by Gasteiger charge is 2.39. The minimum atomic E-state index is -3.57. The predicted octanol–water partition coefficient (Wildman–Crippen LogP) is 1.63. The van der Waals surface area contributed by atoms with Crippen LogP contribution in [-0.2, 0) is 14.8 Å². The maximum absolute atomic E-state index is 12.2. The molecule has 0 radical (unpaired) electrons. The van der Waals surface area contributed by atoms with Crippen molar-refractivity contribution >= 4 is 27.5 Å². The van der Waals surface area contributed by atoms with E-state index in [9.17, 15) is 13.2 Å². The zero-order valence-corrected chi connectivity index (χ0v) is 13.0. The van der Waals surface area contributed by atoms with Gasteiger partial charge in [0.15, 0.2) is 0 Å². The SMILES string of the molecule is O=C1CC(CNS(=O)(=O)c2cccc(Cl)c2)CN1C1CC1. The molecule has 0 aromatic heterocycles. The first-order valence-corrected chi connectivity index (χ1v) is 8.86. The number of hydrogen-bond donors (Lipinski definition) is 1. The van der Waals surface area contributed by atoms with E-state index in [1.807, 2.05) is 4.90 Å². The van der Waals surface area contributed by atoms with Crippen LogP contribution in [0.25, 0.3) is 0 Å². The number of nitrogens with zero attached hydrogens (tertiary/aromatic N) is 1. The van der Waals surface area contributed by atoms with Crippen LogP contribution >= 0.6 is 11.6 Å². The Hall–Kier alpha value is -1.11. The molecule has 1 unspecified atom stereocenters. The van der Waals surface area contributed by atoms with E-state index >= 15 is 0 Å². The molecule has 0 bridgehead atoms. The Kier molecular flexibility index (Phi) is 3.94. The van der Waals surface area contributed by atoms with Crippen molar-refractivity contribution in [1.29, 1.82) is 0 Å². The third kappa shape index (κ3) is 3.39. The first kappa shape index (κ1) is 14.8. The minimum Gasteiger partial charge on any atom is -0.339 e. The van der Waals surface area contributed by atoms with Crippen LogP contribution in [0.5, 0.6) is 0 Å². The molecule has 1 N–H and O–H groups in total. The minimum absolute atomic E-state index is 0.0482. The highest BCUT2D eigenvalue weighted by Crippen LogP contribution is 2.32. The van der Waals surface area contributed by atoms with Gasteiger partial charge in [-0.1, -0.05) is 17.7 Å². The van der Waals surface area contributed by atoms with Crippen molar-refractivity contribution < 1.29 is 13.2 Å². The molecule has 114 valence electrons. The Bertz CT molecular complexity index is 658. The molecule has 2 aliphatic rings. The number of halogens is 1.